The highest BCUT2D eigenvalue weighted by atomic mass is 16.4. The number of carboxylic acids is 1. The molecule has 5 heteroatoms. The molecule has 92 valence electrons. The van der Waals surface area contributed by atoms with Crippen LogP contribution >= 0.6 is 0 Å². The average Bonchev–Trinajstić information content (AvgIpc) is 2.22. The van der Waals surface area contributed by atoms with Crippen LogP contribution in [0.3, 0.4) is 0 Å². The van der Waals surface area contributed by atoms with Crippen LogP contribution in [0.15, 0.2) is 17.1 Å². The standard InChI is InChI=1S/C11H21N3O2/c1-3-11(13,10(15)16)7-5-4-6-8-14-9(2)12/h4-5H,3,6-8,13H2,1-2H3,(H2,12,14)(H,15,16)/t11-/m0/s1. The molecule has 0 amide bonds. The molecular formula is C11H21N3O2. The molecular weight excluding hydrogens is 206 g/mol. The third-order valence-corrected chi connectivity index (χ3v) is 2.36. The van der Waals surface area contributed by atoms with Crippen molar-refractivity contribution >= 4 is 11.8 Å². The van der Waals surface area contributed by atoms with E-state index >= 15 is 0 Å². The van der Waals surface area contributed by atoms with Crippen LogP contribution in [0.5, 0.6) is 0 Å². The smallest absolute Gasteiger partial charge is 0.323 e. The number of hydrogen-bond acceptors (Lipinski definition) is 3. The fourth-order valence-electron chi connectivity index (χ4n) is 1.11. The molecule has 0 aromatic rings. The number of rotatable bonds is 7. The number of nitrogens with two attached hydrogens (primary N) is 2. The number of nitrogens with zero attached hydrogens (tertiary/aromatic N) is 1. The molecule has 0 fully saturated rings. The number of carboxylic acid groups (broad SMARTS) is 1. The summed E-state index contributed by atoms with van der Waals surface area (Å²) in [5.74, 6) is -0.406. The Morgan fingerprint density at radius 2 is 2.12 bits per heavy atom. The van der Waals surface area contributed by atoms with E-state index in [9.17, 15) is 4.79 Å². The van der Waals surface area contributed by atoms with E-state index in [1.165, 1.54) is 0 Å². The highest BCUT2D eigenvalue weighted by Crippen LogP contribution is 2.12. The van der Waals surface area contributed by atoms with Crippen molar-refractivity contribution in [2.24, 2.45) is 16.5 Å². The van der Waals surface area contributed by atoms with Crippen molar-refractivity contribution in [2.45, 2.75) is 38.6 Å². The molecule has 1 atom stereocenters. The van der Waals surface area contributed by atoms with Gasteiger partial charge in [-0.1, -0.05) is 19.1 Å². The van der Waals surface area contributed by atoms with E-state index in [1.54, 1.807) is 19.9 Å². The Labute approximate surface area is 96.2 Å². The molecule has 0 aromatic heterocycles. The second-order valence-corrected chi connectivity index (χ2v) is 3.80. The number of carbonyl (C=O) groups is 1. The average molecular weight is 227 g/mol. The van der Waals surface area contributed by atoms with Gasteiger partial charge in [0.25, 0.3) is 0 Å². The van der Waals surface area contributed by atoms with Crippen molar-refractivity contribution in [3.05, 3.63) is 12.2 Å². The largest absolute Gasteiger partial charge is 0.480 e. The lowest BCUT2D eigenvalue weighted by Crippen LogP contribution is -2.46. The van der Waals surface area contributed by atoms with Crippen LogP contribution in [0, 0.1) is 0 Å². The number of amidine groups is 1. The van der Waals surface area contributed by atoms with Crippen LogP contribution in [-0.2, 0) is 4.79 Å². The second-order valence-electron chi connectivity index (χ2n) is 3.80. The van der Waals surface area contributed by atoms with Crippen molar-refractivity contribution in [3.63, 3.8) is 0 Å². The molecule has 0 aliphatic rings. The Hall–Kier alpha value is -1.36. The van der Waals surface area contributed by atoms with Gasteiger partial charge in [0.2, 0.25) is 0 Å². The summed E-state index contributed by atoms with van der Waals surface area (Å²) in [4.78, 5) is 14.9. The molecule has 0 aliphatic heterocycles. The number of aliphatic imine (C=N–C) groups is 1. The number of aliphatic carboxylic acids is 1. The number of hydrogen-bond donors (Lipinski definition) is 3. The first-order chi connectivity index (χ1) is 7.42. The Balaban J connectivity index is 3.99. The Morgan fingerprint density at radius 3 is 2.56 bits per heavy atom. The van der Waals surface area contributed by atoms with Crippen LogP contribution < -0.4 is 11.5 Å². The van der Waals surface area contributed by atoms with E-state index in [0.717, 1.165) is 6.42 Å². The van der Waals surface area contributed by atoms with Gasteiger partial charge in [0, 0.05) is 6.54 Å². The lowest BCUT2D eigenvalue weighted by Gasteiger charge is -2.20. The quantitative estimate of drug-likeness (QED) is 0.260. The van der Waals surface area contributed by atoms with Gasteiger partial charge in [-0.25, -0.2) is 0 Å². The summed E-state index contributed by atoms with van der Waals surface area (Å²) >= 11 is 0. The topological polar surface area (TPSA) is 102 Å². The van der Waals surface area contributed by atoms with Gasteiger partial charge in [-0.05, 0) is 26.2 Å². The van der Waals surface area contributed by atoms with E-state index in [2.05, 4.69) is 4.99 Å². The third kappa shape index (κ3) is 5.50. The first kappa shape index (κ1) is 14.6. The first-order valence-corrected chi connectivity index (χ1v) is 5.36. The molecule has 0 unspecified atom stereocenters. The zero-order valence-corrected chi connectivity index (χ0v) is 9.94. The SMILES string of the molecule is CC[C@](N)(CC=CCCN=C(C)N)C(=O)O. The van der Waals surface area contributed by atoms with Gasteiger partial charge in [0.05, 0.1) is 5.84 Å². The van der Waals surface area contributed by atoms with E-state index in [-0.39, 0.29) is 0 Å². The van der Waals surface area contributed by atoms with Crippen molar-refractivity contribution in [1.29, 1.82) is 0 Å². The Bertz CT molecular complexity index is 283. The van der Waals surface area contributed by atoms with Gasteiger partial charge < -0.3 is 16.6 Å². The van der Waals surface area contributed by atoms with Crippen molar-refractivity contribution in [1.82, 2.24) is 0 Å². The molecule has 0 aliphatic carbocycles. The lowest BCUT2D eigenvalue weighted by atomic mass is 9.93. The van der Waals surface area contributed by atoms with Gasteiger partial charge in [-0.15, -0.1) is 0 Å². The summed E-state index contributed by atoms with van der Waals surface area (Å²) in [5.41, 5.74) is 9.92. The summed E-state index contributed by atoms with van der Waals surface area (Å²) < 4.78 is 0. The molecule has 5 N–H and O–H groups in total. The van der Waals surface area contributed by atoms with E-state index in [1.807, 2.05) is 6.08 Å². The van der Waals surface area contributed by atoms with Crippen LogP contribution in [0.4, 0.5) is 0 Å². The summed E-state index contributed by atoms with van der Waals surface area (Å²) in [6.45, 7) is 4.12. The molecule has 0 heterocycles. The van der Waals surface area contributed by atoms with Crippen LogP contribution in [0.2, 0.25) is 0 Å². The molecule has 5 nitrogen and oxygen atoms in total. The van der Waals surface area contributed by atoms with Gasteiger partial charge >= 0.3 is 5.97 Å². The van der Waals surface area contributed by atoms with Crippen molar-refractivity contribution in [3.8, 4) is 0 Å². The molecule has 0 saturated heterocycles. The normalized spacial score (nSPS) is 16.3. The minimum atomic E-state index is -1.15. The zero-order chi connectivity index (χ0) is 12.6. The lowest BCUT2D eigenvalue weighted by molar-refractivity contribution is -0.143. The molecule has 0 radical (unpaired) electrons. The van der Waals surface area contributed by atoms with Crippen LogP contribution in [0.1, 0.15) is 33.1 Å². The van der Waals surface area contributed by atoms with Gasteiger partial charge in [-0.3, -0.25) is 9.79 Å². The molecule has 16 heavy (non-hydrogen) atoms. The summed E-state index contributed by atoms with van der Waals surface area (Å²) in [6, 6.07) is 0. The molecule has 0 spiro atoms. The monoisotopic (exact) mass is 227 g/mol. The fraction of sp³-hybridized carbons (Fsp3) is 0.636. The highest BCUT2D eigenvalue weighted by Gasteiger charge is 2.29. The maximum atomic E-state index is 10.9. The van der Waals surface area contributed by atoms with Gasteiger partial charge in [-0.2, -0.15) is 0 Å². The third-order valence-electron chi connectivity index (χ3n) is 2.36. The molecule has 0 aromatic carbocycles. The molecule has 0 bridgehead atoms. The van der Waals surface area contributed by atoms with Crippen LogP contribution in [-0.4, -0.2) is 29.0 Å². The van der Waals surface area contributed by atoms with E-state index < -0.39 is 11.5 Å². The maximum Gasteiger partial charge on any atom is 0.323 e. The molecule has 0 saturated carbocycles. The predicted molar refractivity (Wildman–Crippen MR) is 65.4 cm³/mol. The second kappa shape index (κ2) is 7.00. The fourth-order valence-corrected chi connectivity index (χ4v) is 1.11. The predicted octanol–water partition coefficient (Wildman–Crippen LogP) is 0.892. The highest BCUT2D eigenvalue weighted by molar-refractivity contribution is 5.78. The zero-order valence-electron chi connectivity index (χ0n) is 9.94. The molecule has 0 rings (SSSR count). The van der Waals surface area contributed by atoms with Crippen molar-refractivity contribution < 1.29 is 9.90 Å². The van der Waals surface area contributed by atoms with Gasteiger partial charge in [0.15, 0.2) is 0 Å². The van der Waals surface area contributed by atoms with Gasteiger partial charge in [0.1, 0.15) is 5.54 Å². The summed E-state index contributed by atoms with van der Waals surface area (Å²) in [5, 5.41) is 8.91. The Morgan fingerprint density at radius 1 is 1.50 bits per heavy atom. The van der Waals surface area contributed by atoms with Crippen LogP contribution in [0.25, 0.3) is 0 Å². The van der Waals surface area contributed by atoms with Crippen molar-refractivity contribution in [2.75, 3.05) is 6.54 Å². The first-order valence-electron chi connectivity index (χ1n) is 5.36. The van der Waals surface area contributed by atoms with E-state index in [4.69, 9.17) is 16.6 Å². The summed E-state index contributed by atoms with van der Waals surface area (Å²) in [6.07, 6.45) is 5.16. The summed E-state index contributed by atoms with van der Waals surface area (Å²) in [7, 11) is 0. The van der Waals surface area contributed by atoms with E-state index in [0.29, 0.717) is 25.2 Å². The minimum Gasteiger partial charge on any atom is -0.480 e. The minimum absolute atomic E-state index is 0.337. The Kier molecular flexibility index (Phi) is 6.41. The maximum absolute atomic E-state index is 10.9.